The molecule has 0 heterocycles. The van der Waals surface area contributed by atoms with Crippen LogP contribution >= 0.6 is 0 Å². The highest BCUT2D eigenvalue weighted by Crippen LogP contribution is 2.32. The minimum Gasteiger partial charge on any atom is -0.491 e. The Morgan fingerprint density at radius 2 is 2.16 bits per heavy atom. The van der Waals surface area contributed by atoms with Crippen molar-refractivity contribution in [3.05, 3.63) is 29.3 Å². The molecule has 0 aliphatic heterocycles. The van der Waals surface area contributed by atoms with Crippen molar-refractivity contribution in [1.29, 1.82) is 0 Å². The van der Waals surface area contributed by atoms with Crippen molar-refractivity contribution in [2.45, 2.75) is 51.7 Å². The van der Waals surface area contributed by atoms with Crippen molar-refractivity contribution >= 4 is 0 Å². The van der Waals surface area contributed by atoms with Gasteiger partial charge in [0.2, 0.25) is 0 Å². The van der Waals surface area contributed by atoms with E-state index in [1.807, 2.05) is 32.0 Å². The molecule has 2 rings (SSSR count). The number of aryl methyl sites for hydroxylation is 1. The van der Waals surface area contributed by atoms with E-state index in [2.05, 4.69) is 0 Å². The third-order valence-electron chi connectivity index (χ3n) is 4.17. The van der Waals surface area contributed by atoms with Gasteiger partial charge in [-0.05, 0) is 55.4 Å². The zero-order valence-electron chi connectivity index (χ0n) is 12.0. The molecule has 0 radical (unpaired) electrons. The highest BCUT2D eigenvalue weighted by molar-refractivity contribution is 5.38. The zero-order valence-corrected chi connectivity index (χ0v) is 12.0. The van der Waals surface area contributed by atoms with Crippen LogP contribution in [-0.4, -0.2) is 22.4 Å². The van der Waals surface area contributed by atoms with Gasteiger partial charge in [0, 0.05) is 0 Å². The molecule has 19 heavy (non-hydrogen) atoms. The first-order valence-electron chi connectivity index (χ1n) is 7.06. The summed E-state index contributed by atoms with van der Waals surface area (Å²) in [6, 6.07) is 5.82. The highest BCUT2D eigenvalue weighted by atomic mass is 16.5. The Morgan fingerprint density at radius 1 is 1.42 bits per heavy atom. The van der Waals surface area contributed by atoms with Gasteiger partial charge < -0.3 is 14.9 Å². The molecule has 2 atom stereocenters. The molecule has 0 spiro atoms. The van der Waals surface area contributed by atoms with Crippen molar-refractivity contribution in [1.82, 2.24) is 0 Å². The molecule has 0 bridgehead atoms. The number of ether oxygens (including phenoxy) is 1. The normalized spacial score (nSPS) is 21.9. The second-order valence-electron chi connectivity index (χ2n) is 6.07. The molecule has 1 aromatic rings. The lowest BCUT2D eigenvalue weighted by atomic mass is 9.89. The van der Waals surface area contributed by atoms with E-state index in [-0.39, 0.29) is 18.6 Å². The zero-order chi connectivity index (χ0) is 14.0. The van der Waals surface area contributed by atoms with Gasteiger partial charge in [0.05, 0.1) is 11.7 Å². The van der Waals surface area contributed by atoms with Gasteiger partial charge in [-0.1, -0.05) is 19.9 Å². The van der Waals surface area contributed by atoms with Gasteiger partial charge in [0.15, 0.2) is 0 Å². The van der Waals surface area contributed by atoms with Crippen molar-refractivity contribution in [2.75, 3.05) is 6.61 Å². The lowest BCUT2D eigenvalue weighted by molar-refractivity contribution is -0.0266. The summed E-state index contributed by atoms with van der Waals surface area (Å²) in [4.78, 5) is 0. The van der Waals surface area contributed by atoms with E-state index in [1.165, 1.54) is 5.56 Å². The number of hydrogen-bond acceptors (Lipinski definition) is 3. The molecule has 2 unspecified atom stereocenters. The Balaban J connectivity index is 2.07. The largest absolute Gasteiger partial charge is 0.491 e. The van der Waals surface area contributed by atoms with Crippen molar-refractivity contribution in [3.63, 3.8) is 0 Å². The van der Waals surface area contributed by atoms with E-state index in [1.54, 1.807) is 6.92 Å². The second-order valence-corrected chi connectivity index (χ2v) is 6.07. The lowest BCUT2D eigenvalue weighted by Crippen LogP contribution is -2.37. The SMILES string of the molecule is CC(C)C(C)(O)COc1ccc2c(c1)CCCC2O. The summed E-state index contributed by atoms with van der Waals surface area (Å²) < 4.78 is 5.70. The summed E-state index contributed by atoms with van der Waals surface area (Å²) in [6.45, 7) is 6.03. The Hall–Kier alpha value is -1.06. The molecule has 0 aromatic heterocycles. The van der Waals surface area contributed by atoms with Crippen LogP contribution < -0.4 is 4.74 Å². The number of benzene rings is 1. The average molecular weight is 264 g/mol. The molecule has 1 aromatic carbocycles. The molecule has 3 heteroatoms. The average Bonchev–Trinajstić information content (AvgIpc) is 2.36. The molecule has 1 aliphatic carbocycles. The number of rotatable bonds is 4. The Kier molecular flexibility index (Phi) is 4.16. The van der Waals surface area contributed by atoms with E-state index in [9.17, 15) is 10.2 Å². The van der Waals surface area contributed by atoms with E-state index >= 15 is 0 Å². The summed E-state index contributed by atoms with van der Waals surface area (Å²) in [5, 5.41) is 20.1. The van der Waals surface area contributed by atoms with Crippen molar-refractivity contribution in [3.8, 4) is 5.75 Å². The Morgan fingerprint density at radius 3 is 2.84 bits per heavy atom. The summed E-state index contributed by atoms with van der Waals surface area (Å²) in [7, 11) is 0. The van der Waals surface area contributed by atoms with Crippen LogP contribution in [0.5, 0.6) is 5.75 Å². The maximum absolute atomic E-state index is 10.2. The number of hydrogen-bond donors (Lipinski definition) is 2. The molecule has 2 N–H and O–H groups in total. The fraction of sp³-hybridized carbons (Fsp3) is 0.625. The minimum atomic E-state index is -0.824. The highest BCUT2D eigenvalue weighted by Gasteiger charge is 2.26. The van der Waals surface area contributed by atoms with Gasteiger partial charge in [-0.2, -0.15) is 0 Å². The second kappa shape index (κ2) is 5.51. The predicted octanol–water partition coefficient (Wildman–Crippen LogP) is 2.84. The predicted molar refractivity (Wildman–Crippen MR) is 75.3 cm³/mol. The topological polar surface area (TPSA) is 49.7 Å². The van der Waals surface area contributed by atoms with Crippen LogP contribution in [-0.2, 0) is 6.42 Å². The van der Waals surface area contributed by atoms with Crippen LogP contribution in [0.2, 0.25) is 0 Å². The van der Waals surface area contributed by atoms with E-state index in [0.717, 1.165) is 30.6 Å². The Labute approximate surface area is 115 Å². The first kappa shape index (κ1) is 14.4. The number of aliphatic hydroxyl groups is 2. The maximum atomic E-state index is 10.2. The fourth-order valence-corrected chi connectivity index (χ4v) is 2.25. The van der Waals surface area contributed by atoms with Crippen molar-refractivity contribution in [2.24, 2.45) is 5.92 Å². The third-order valence-corrected chi connectivity index (χ3v) is 4.17. The standard InChI is InChI=1S/C16H24O3/c1-11(2)16(3,18)10-19-13-7-8-14-12(9-13)5-4-6-15(14)17/h7-9,11,15,17-18H,4-6,10H2,1-3H3. The van der Waals surface area contributed by atoms with Gasteiger partial charge in [0.1, 0.15) is 12.4 Å². The van der Waals surface area contributed by atoms with Gasteiger partial charge in [-0.15, -0.1) is 0 Å². The van der Waals surface area contributed by atoms with Gasteiger partial charge in [-0.3, -0.25) is 0 Å². The molecule has 1 aliphatic rings. The van der Waals surface area contributed by atoms with Gasteiger partial charge in [0.25, 0.3) is 0 Å². The number of aliphatic hydroxyl groups excluding tert-OH is 1. The summed E-state index contributed by atoms with van der Waals surface area (Å²) >= 11 is 0. The fourth-order valence-electron chi connectivity index (χ4n) is 2.25. The van der Waals surface area contributed by atoms with Crippen LogP contribution in [0.3, 0.4) is 0 Å². The Bertz CT molecular complexity index is 438. The monoisotopic (exact) mass is 264 g/mol. The van der Waals surface area contributed by atoms with Crippen LogP contribution in [0.25, 0.3) is 0 Å². The molecule has 0 saturated carbocycles. The third kappa shape index (κ3) is 3.28. The van der Waals surface area contributed by atoms with E-state index < -0.39 is 5.60 Å². The maximum Gasteiger partial charge on any atom is 0.119 e. The van der Waals surface area contributed by atoms with Crippen molar-refractivity contribution < 1.29 is 14.9 Å². The molecule has 0 fully saturated rings. The summed E-state index contributed by atoms with van der Waals surface area (Å²) in [6.07, 6.45) is 2.51. The molecule has 0 amide bonds. The first-order valence-corrected chi connectivity index (χ1v) is 7.06. The van der Waals surface area contributed by atoms with Crippen LogP contribution in [0.4, 0.5) is 0 Å². The first-order chi connectivity index (χ1) is 8.90. The molecule has 3 nitrogen and oxygen atoms in total. The van der Waals surface area contributed by atoms with Crippen LogP contribution in [0.1, 0.15) is 50.8 Å². The quantitative estimate of drug-likeness (QED) is 0.879. The molecule has 106 valence electrons. The van der Waals surface area contributed by atoms with Gasteiger partial charge >= 0.3 is 0 Å². The molecular formula is C16H24O3. The summed E-state index contributed by atoms with van der Waals surface area (Å²) in [5.74, 6) is 0.917. The number of fused-ring (bicyclic) bond motifs is 1. The minimum absolute atomic E-state index is 0.145. The van der Waals surface area contributed by atoms with Crippen LogP contribution in [0, 0.1) is 5.92 Å². The van der Waals surface area contributed by atoms with Crippen LogP contribution in [0.15, 0.2) is 18.2 Å². The lowest BCUT2D eigenvalue weighted by Gasteiger charge is -2.28. The molecule has 0 saturated heterocycles. The smallest absolute Gasteiger partial charge is 0.119 e. The van der Waals surface area contributed by atoms with Gasteiger partial charge in [-0.25, -0.2) is 0 Å². The van der Waals surface area contributed by atoms with E-state index in [4.69, 9.17) is 4.74 Å². The van der Waals surface area contributed by atoms with E-state index in [0.29, 0.717) is 0 Å². The summed E-state index contributed by atoms with van der Waals surface area (Å²) in [5.41, 5.74) is 1.37. The molecular weight excluding hydrogens is 240 g/mol.